The average Bonchev–Trinajstić information content (AvgIpc) is 3.44. The van der Waals surface area contributed by atoms with Gasteiger partial charge in [-0.2, -0.15) is 0 Å². The van der Waals surface area contributed by atoms with Gasteiger partial charge in [0, 0.05) is 46.5 Å². The number of H-pyrrole nitrogens is 1. The summed E-state index contributed by atoms with van der Waals surface area (Å²) in [5.74, 6) is 0.598. The zero-order valence-electron chi connectivity index (χ0n) is 18.0. The van der Waals surface area contributed by atoms with Crippen LogP contribution in [0.15, 0.2) is 55.1 Å². The number of nitrogens with zero attached hydrogens (tertiary/aromatic N) is 2. The van der Waals surface area contributed by atoms with Crippen molar-refractivity contribution in [3.63, 3.8) is 0 Å². The van der Waals surface area contributed by atoms with Gasteiger partial charge >= 0.3 is 0 Å². The highest BCUT2D eigenvalue weighted by atomic mass is 35.5. The van der Waals surface area contributed by atoms with Crippen LogP contribution >= 0.6 is 11.6 Å². The molecule has 0 saturated heterocycles. The zero-order chi connectivity index (χ0) is 22.4. The molecule has 2 N–H and O–H groups in total. The standard InChI is InChI=1S/C26H23ClN4O2/c27-22-10-15(17-11-28-14-29-12-17)8-16-9-18(33-25(16)22)13-30-26(32)21-6-3-5-20-19-4-1-2-7-23(19)31-24(20)21/h1-2,4,7-8,10-12,14,18,21,31H,3,5-6,9,13H2,(H,30,32). The number of ether oxygens (including phenoxy) is 1. The lowest BCUT2D eigenvalue weighted by Gasteiger charge is -2.23. The molecular formula is C26H23ClN4O2. The summed E-state index contributed by atoms with van der Waals surface area (Å²) in [6.45, 7) is 0.444. The number of hydrogen-bond donors (Lipinski definition) is 2. The van der Waals surface area contributed by atoms with Crippen molar-refractivity contribution in [1.82, 2.24) is 20.3 Å². The van der Waals surface area contributed by atoms with Crippen LogP contribution in [0.4, 0.5) is 0 Å². The number of amides is 1. The normalized spacial score (nSPS) is 19.1. The molecule has 2 unspecified atom stereocenters. The van der Waals surface area contributed by atoms with E-state index in [1.54, 1.807) is 12.4 Å². The number of halogens is 1. The first-order valence-electron chi connectivity index (χ1n) is 11.3. The average molecular weight is 459 g/mol. The number of nitrogens with one attached hydrogen (secondary N) is 2. The Hall–Kier alpha value is -3.38. The molecule has 0 spiro atoms. The van der Waals surface area contributed by atoms with Gasteiger partial charge in [0.25, 0.3) is 0 Å². The number of aromatic nitrogens is 3. The highest BCUT2D eigenvalue weighted by Gasteiger charge is 2.31. The maximum atomic E-state index is 13.1. The van der Waals surface area contributed by atoms with E-state index >= 15 is 0 Å². The van der Waals surface area contributed by atoms with Crippen LogP contribution < -0.4 is 10.1 Å². The third-order valence-corrected chi connectivity index (χ3v) is 6.96. The van der Waals surface area contributed by atoms with Crippen LogP contribution in [-0.4, -0.2) is 33.5 Å². The van der Waals surface area contributed by atoms with Gasteiger partial charge < -0.3 is 15.0 Å². The monoisotopic (exact) mass is 458 g/mol. The Morgan fingerprint density at radius 3 is 2.91 bits per heavy atom. The number of hydrogen-bond acceptors (Lipinski definition) is 4. The first-order valence-corrected chi connectivity index (χ1v) is 11.7. The van der Waals surface area contributed by atoms with Gasteiger partial charge in [-0.3, -0.25) is 4.79 Å². The molecule has 33 heavy (non-hydrogen) atoms. The minimum Gasteiger partial charge on any atom is -0.486 e. The van der Waals surface area contributed by atoms with E-state index in [9.17, 15) is 4.79 Å². The number of carbonyl (C=O) groups is 1. The number of carbonyl (C=O) groups excluding carboxylic acids is 1. The zero-order valence-corrected chi connectivity index (χ0v) is 18.7. The maximum absolute atomic E-state index is 13.1. The Labute approximate surface area is 196 Å². The number of para-hydroxylation sites is 1. The van der Waals surface area contributed by atoms with Gasteiger partial charge in [0.2, 0.25) is 5.91 Å². The largest absolute Gasteiger partial charge is 0.486 e. The lowest BCUT2D eigenvalue weighted by Crippen LogP contribution is -2.38. The van der Waals surface area contributed by atoms with Gasteiger partial charge in [0.1, 0.15) is 18.2 Å². The highest BCUT2D eigenvalue weighted by Crippen LogP contribution is 2.40. The van der Waals surface area contributed by atoms with Crippen LogP contribution in [0.5, 0.6) is 5.75 Å². The summed E-state index contributed by atoms with van der Waals surface area (Å²) in [5, 5.41) is 4.93. The predicted molar refractivity (Wildman–Crippen MR) is 128 cm³/mol. The molecule has 1 amide bonds. The molecule has 7 heteroatoms. The first-order chi connectivity index (χ1) is 16.2. The summed E-state index contributed by atoms with van der Waals surface area (Å²) in [6.07, 6.45) is 8.46. The lowest BCUT2D eigenvalue weighted by molar-refractivity contribution is -0.123. The fourth-order valence-electron chi connectivity index (χ4n) is 5.13. The van der Waals surface area contributed by atoms with Crippen molar-refractivity contribution in [3.05, 3.63) is 77.0 Å². The molecule has 3 heterocycles. The highest BCUT2D eigenvalue weighted by molar-refractivity contribution is 6.32. The van der Waals surface area contributed by atoms with Crippen LogP contribution in [0, 0.1) is 0 Å². The second-order valence-corrected chi connectivity index (χ2v) is 9.18. The minimum atomic E-state index is -0.154. The second-order valence-electron chi connectivity index (χ2n) is 8.77. The summed E-state index contributed by atoms with van der Waals surface area (Å²) < 4.78 is 6.10. The molecule has 1 aliphatic carbocycles. The van der Waals surface area contributed by atoms with E-state index in [1.807, 2.05) is 12.1 Å². The quantitative estimate of drug-likeness (QED) is 0.459. The SMILES string of the molecule is O=C(NCC1Cc2cc(-c3cncnc3)cc(Cl)c2O1)C1CCCc2c1[nH]c1ccccc21. The molecule has 2 aromatic heterocycles. The second kappa shape index (κ2) is 8.19. The van der Waals surface area contributed by atoms with Crippen molar-refractivity contribution in [1.29, 1.82) is 0 Å². The summed E-state index contributed by atoms with van der Waals surface area (Å²) in [6, 6.07) is 12.2. The number of rotatable bonds is 4. The fraction of sp³-hybridized carbons (Fsp3) is 0.269. The molecule has 0 radical (unpaired) electrons. The topological polar surface area (TPSA) is 79.9 Å². The molecule has 6 nitrogen and oxygen atoms in total. The van der Waals surface area contributed by atoms with Crippen LogP contribution in [0.1, 0.15) is 35.6 Å². The first kappa shape index (κ1) is 20.2. The minimum absolute atomic E-state index is 0.0512. The Bertz CT molecular complexity index is 1350. The van der Waals surface area contributed by atoms with Gasteiger partial charge in [-0.25, -0.2) is 9.97 Å². The molecule has 0 saturated carbocycles. The van der Waals surface area contributed by atoms with Gasteiger partial charge in [0.15, 0.2) is 0 Å². The third kappa shape index (κ3) is 3.64. The van der Waals surface area contributed by atoms with E-state index in [1.165, 1.54) is 17.3 Å². The number of benzene rings is 2. The smallest absolute Gasteiger partial charge is 0.229 e. The van der Waals surface area contributed by atoms with Crippen molar-refractivity contribution in [2.75, 3.05) is 6.54 Å². The van der Waals surface area contributed by atoms with Crippen molar-refractivity contribution < 1.29 is 9.53 Å². The molecule has 0 fully saturated rings. The van der Waals surface area contributed by atoms with E-state index in [0.29, 0.717) is 23.7 Å². The number of aryl methyl sites for hydroxylation is 1. The molecule has 2 atom stereocenters. The molecule has 0 bridgehead atoms. The predicted octanol–water partition coefficient (Wildman–Crippen LogP) is 4.82. The van der Waals surface area contributed by atoms with Crippen LogP contribution in [0.25, 0.3) is 22.0 Å². The molecule has 4 aromatic rings. The van der Waals surface area contributed by atoms with E-state index < -0.39 is 0 Å². The van der Waals surface area contributed by atoms with E-state index in [0.717, 1.165) is 47.2 Å². The van der Waals surface area contributed by atoms with Crippen molar-refractivity contribution >= 4 is 28.4 Å². The molecule has 2 aliphatic rings. The fourth-order valence-corrected chi connectivity index (χ4v) is 5.41. The van der Waals surface area contributed by atoms with Gasteiger partial charge in [0.05, 0.1) is 17.5 Å². The molecule has 1 aliphatic heterocycles. The molecule has 2 aromatic carbocycles. The Balaban J connectivity index is 1.16. The van der Waals surface area contributed by atoms with Crippen LogP contribution in [0.3, 0.4) is 0 Å². The number of fused-ring (bicyclic) bond motifs is 4. The van der Waals surface area contributed by atoms with Crippen molar-refractivity contribution in [3.8, 4) is 16.9 Å². The Kier molecular flexibility index (Phi) is 5.03. The third-order valence-electron chi connectivity index (χ3n) is 6.68. The summed E-state index contributed by atoms with van der Waals surface area (Å²) in [4.78, 5) is 24.8. The van der Waals surface area contributed by atoms with Gasteiger partial charge in [-0.1, -0.05) is 29.8 Å². The number of aromatic amines is 1. The summed E-state index contributed by atoms with van der Waals surface area (Å²) >= 11 is 6.51. The van der Waals surface area contributed by atoms with E-state index in [-0.39, 0.29) is 17.9 Å². The van der Waals surface area contributed by atoms with Crippen molar-refractivity contribution in [2.45, 2.75) is 37.7 Å². The summed E-state index contributed by atoms with van der Waals surface area (Å²) in [7, 11) is 0. The maximum Gasteiger partial charge on any atom is 0.229 e. The Morgan fingerprint density at radius 1 is 1.18 bits per heavy atom. The molecule has 6 rings (SSSR count). The Morgan fingerprint density at radius 2 is 2.03 bits per heavy atom. The van der Waals surface area contributed by atoms with Crippen LogP contribution in [0.2, 0.25) is 5.02 Å². The lowest BCUT2D eigenvalue weighted by atomic mass is 9.86. The summed E-state index contributed by atoms with van der Waals surface area (Å²) in [5.41, 5.74) is 6.35. The van der Waals surface area contributed by atoms with Crippen LogP contribution in [-0.2, 0) is 17.6 Å². The van der Waals surface area contributed by atoms with Crippen molar-refractivity contribution in [2.24, 2.45) is 0 Å². The molecular weight excluding hydrogens is 436 g/mol. The van der Waals surface area contributed by atoms with Gasteiger partial charge in [-0.05, 0) is 48.6 Å². The van der Waals surface area contributed by atoms with E-state index in [4.69, 9.17) is 16.3 Å². The van der Waals surface area contributed by atoms with E-state index in [2.05, 4.69) is 44.5 Å². The molecule has 166 valence electrons. The van der Waals surface area contributed by atoms with Gasteiger partial charge in [-0.15, -0.1) is 0 Å².